The van der Waals surface area contributed by atoms with Gasteiger partial charge in [-0.25, -0.2) is 0 Å². The molecule has 5 nitrogen and oxygen atoms in total. The van der Waals surface area contributed by atoms with Crippen molar-refractivity contribution in [2.75, 3.05) is 39.8 Å². The highest BCUT2D eigenvalue weighted by Crippen LogP contribution is 2.30. The summed E-state index contributed by atoms with van der Waals surface area (Å²) in [6, 6.07) is 0.690. The van der Waals surface area contributed by atoms with Gasteiger partial charge in [-0.1, -0.05) is 6.42 Å². The third-order valence-corrected chi connectivity index (χ3v) is 5.44. The first-order valence-electron chi connectivity index (χ1n) is 8.62. The van der Waals surface area contributed by atoms with E-state index in [-0.39, 0.29) is 24.0 Å². The van der Waals surface area contributed by atoms with Crippen molar-refractivity contribution in [3.05, 3.63) is 0 Å². The second kappa shape index (κ2) is 8.15. The number of guanidine groups is 1. The van der Waals surface area contributed by atoms with E-state index >= 15 is 0 Å². The Labute approximate surface area is 151 Å². The second-order valence-electron chi connectivity index (χ2n) is 6.96. The molecule has 0 aromatic heterocycles. The number of halogens is 1. The molecule has 2 aliphatic heterocycles. The summed E-state index contributed by atoms with van der Waals surface area (Å²) in [5, 5.41) is 13.6. The van der Waals surface area contributed by atoms with E-state index in [1.54, 1.807) is 0 Å². The number of hydrogen-bond donors (Lipinski definition) is 2. The molecule has 1 unspecified atom stereocenters. The van der Waals surface area contributed by atoms with E-state index in [9.17, 15) is 5.11 Å². The number of rotatable bonds is 3. The van der Waals surface area contributed by atoms with Crippen molar-refractivity contribution < 1.29 is 5.11 Å². The summed E-state index contributed by atoms with van der Waals surface area (Å²) in [4.78, 5) is 9.44. The Morgan fingerprint density at radius 1 is 1.18 bits per heavy atom. The first-order chi connectivity index (χ1) is 10.2. The molecule has 0 amide bonds. The van der Waals surface area contributed by atoms with Crippen LogP contribution in [0.4, 0.5) is 0 Å². The molecule has 0 bridgehead atoms. The van der Waals surface area contributed by atoms with Crippen molar-refractivity contribution >= 4 is 29.9 Å². The van der Waals surface area contributed by atoms with E-state index < -0.39 is 5.60 Å². The summed E-state index contributed by atoms with van der Waals surface area (Å²) in [7, 11) is 1.85. The van der Waals surface area contributed by atoms with Crippen LogP contribution in [0.5, 0.6) is 0 Å². The first-order valence-corrected chi connectivity index (χ1v) is 8.62. The summed E-state index contributed by atoms with van der Waals surface area (Å²) >= 11 is 0. The molecule has 128 valence electrons. The second-order valence-corrected chi connectivity index (χ2v) is 6.96. The van der Waals surface area contributed by atoms with Crippen LogP contribution in [-0.4, -0.2) is 72.3 Å². The van der Waals surface area contributed by atoms with Crippen LogP contribution in [-0.2, 0) is 0 Å². The molecule has 6 heteroatoms. The lowest BCUT2D eigenvalue weighted by molar-refractivity contribution is -0.0282. The topological polar surface area (TPSA) is 51.1 Å². The lowest BCUT2D eigenvalue weighted by atomic mass is 9.80. The van der Waals surface area contributed by atoms with Gasteiger partial charge in [-0.2, -0.15) is 0 Å². The fraction of sp³-hybridized carbons (Fsp3) is 0.938. The molecule has 2 heterocycles. The van der Waals surface area contributed by atoms with Crippen LogP contribution in [0.3, 0.4) is 0 Å². The lowest BCUT2D eigenvalue weighted by Crippen LogP contribution is -2.51. The normalized spacial score (nSPS) is 28.9. The molecule has 0 aromatic rings. The highest BCUT2D eigenvalue weighted by molar-refractivity contribution is 14.0. The summed E-state index contributed by atoms with van der Waals surface area (Å²) in [5.41, 5.74) is -0.484. The standard InChI is InChI=1S/C16H30N4O.HI/c1-17-15(18-13-16(21)7-5-8-16)20-11-6-14(12-20)19-9-3-2-4-10-19;/h14,21H,2-13H2,1H3,(H,17,18);1H. The zero-order chi connectivity index (χ0) is 14.7. The van der Waals surface area contributed by atoms with Crippen LogP contribution in [0, 0.1) is 0 Å². The predicted molar refractivity (Wildman–Crippen MR) is 101 cm³/mol. The monoisotopic (exact) mass is 422 g/mol. The van der Waals surface area contributed by atoms with Crippen molar-refractivity contribution in [1.82, 2.24) is 15.1 Å². The van der Waals surface area contributed by atoms with Gasteiger partial charge in [0, 0.05) is 32.7 Å². The Kier molecular flexibility index (Phi) is 6.76. The van der Waals surface area contributed by atoms with E-state index in [2.05, 4.69) is 20.1 Å². The zero-order valence-electron chi connectivity index (χ0n) is 13.8. The maximum absolute atomic E-state index is 10.2. The summed E-state index contributed by atoms with van der Waals surface area (Å²) in [5.74, 6) is 0.967. The van der Waals surface area contributed by atoms with Crippen molar-refractivity contribution in [2.45, 2.75) is 56.6 Å². The van der Waals surface area contributed by atoms with Crippen LogP contribution < -0.4 is 5.32 Å². The summed E-state index contributed by atoms with van der Waals surface area (Å²) < 4.78 is 0. The van der Waals surface area contributed by atoms with E-state index in [0.29, 0.717) is 12.6 Å². The molecule has 0 spiro atoms. The van der Waals surface area contributed by atoms with Gasteiger partial charge in [0.15, 0.2) is 5.96 Å². The van der Waals surface area contributed by atoms with Crippen molar-refractivity contribution in [1.29, 1.82) is 0 Å². The molecule has 1 atom stereocenters. The molecule has 0 aromatic carbocycles. The van der Waals surface area contributed by atoms with Gasteiger partial charge < -0.3 is 15.3 Å². The molecule has 3 rings (SSSR count). The van der Waals surface area contributed by atoms with Gasteiger partial charge in [-0.15, -0.1) is 24.0 Å². The summed E-state index contributed by atoms with van der Waals surface area (Å²) in [6.07, 6.45) is 8.35. The molecule has 1 aliphatic carbocycles. The lowest BCUT2D eigenvalue weighted by Gasteiger charge is -2.38. The minimum atomic E-state index is -0.484. The predicted octanol–water partition coefficient (Wildman–Crippen LogP) is 1.65. The number of piperidine rings is 1. The van der Waals surface area contributed by atoms with Crippen LogP contribution in [0.25, 0.3) is 0 Å². The summed E-state index contributed by atoms with van der Waals surface area (Å²) in [6.45, 7) is 5.34. The van der Waals surface area contributed by atoms with E-state index in [0.717, 1.165) is 38.3 Å². The Bertz CT molecular complexity index is 380. The molecule has 0 radical (unpaired) electrons. The molecule has 3 aliphatic rings. The highest BCUT2D eigenvalue weighted by atomic mass is 127. The fourth-order valence-corrected chi connectivity index (χ4v) is 3.85. The van der Waals surface area contributed by atoms with Gasteiger partial charge in [0.25, 0.3) is 0 Å². The first kappa shape index (κ1) is 18.3. The Morgan fingerprint density at radius 3 is 2.50 bits per heavy atom. The van der Waals surface area contributed by atoms with Gasteiger partial charge in [-0.3, -0.25) is 9.89 Å². The highest BCUT2D eigenvalue weighted by Gasteiger charge is 2.35. The smallest absolute Gasteiger partial charge is 0.193 e. The van der Waals surface area contributed by atoms with Crippen molar-refractivity contribution in [3.63, 3.8) is 0 Å². The van der Waals surface area contributed by atoms with Gasteiger partial charge in [0.1, 0.15) is 0 Å². The minimum absolute atomic E-state index is 0. The van der Waals surface area contributed by atoms with Gasteiger partial charge in [0.05, 0.1) is 5.60 Å². The van der Waals surface area contributed by atoms with Crippen molar-refractivity contribution in [3.8, 4) is 0 Å². The Morgan fingerprint density at radius 2 is 1.91 bits per heavy atom. The average molecular weight is 422 g/mol. The molecule has 3 fully saturated rings. The third-order valence-electron chi connectivity index (χ3n) is 5.44. The SMILES string of the molecule is CN=C(NCC1(O)CCC1)N1CCC(N2CCCCC2)C1.I. The molecular weight excluding hydrogens is 391 g/mol. The Hall–Kier alpha value is -0.0800. The quantitative estimate of drug-likeness (QED) is 0.413. The number of likely N-dealkylation sites (tertiary alicyclic amines) is 2. The van der Waals surface area contributed by atoms with Gasteiger partial charge >= 0.3 is 0 Å². The maximum atomic E-state index is 10.2. The molecule has 2 N–H and O–H groups in total. The Balaban J connectivity index is 0.00000176. The minimum Gasteiger partial charge on any atom is -0.388 e. The van der Waals surface area contributed by atoms with Crippen LogP contribution in [0.1, 0.15) is 44.9 Å². The third kappa shape index (κ3) is 4.26. The molecule has 2 saturated heterocycles. The van der Waals surface area contributed by atoms with Crippen LogP contribution >= 0.6 is 24.0 Å². The molecule has 1 saturated carbocycles. The number of aliphatic hydroxyl groups is 1. The number of nitrogens with one attached hydrogen (secondary N) is 1. The van der Waals surface area contributed by atoms with E-state index in [4.69, 9.17) is 0 Å². The van der Waals surface area contributed by atoms with Crippen LogP contribution in [0.2, 0.25) is 0 Å². The molecular formula is C16H31IN4O. The largest absolute Gasteiger partial charge is 0.388 e. The van der Waals surface area contributed by atoms with E-state index in [1.807, 2.05) is 7.05 Å². The average Bonchev–Trinajstić information content (AvgIpc) is 2.97. The molecule has 22 heavy (non-hydrogen) atoms. The fourth-order valence-electron chi connectivity index (χ4n) is 3.85. The zero-order valence-corrected chi connectivity index (χ0v) is 16.1. The van der Waals surface area contributed by atoms with Crippen LogP contribution in [0.15, 0.2) is 4.99 Å². The maximum Gasteiger partial charge on any atom is 0.193 e. The van der Waals surface area contributed by atoms with Gasteiger partial charge in [-0.05, 0) is 51.6 Å². The number of hydrogen-bond acceptors (Lipinski definition) is 3. The van der Waals surface area contributed by atoms with Crippen molar-refractivity contribution in [2.24, 2.45) is 4.99 Å². The van der Waals surface area contributed by atoms with E-state index in [1.165, 1.54) is 38.8 Å². The number of aliphatic imine (C=N–C) groups is 1. The van der Waals surface area contributed by atoms with Gasteiger partial charge in [0.2, 0.25) is 0 Å². The number of nitrogens with zero attached hydrogens (tertiary/aromatic N) is 3.